The third kappa shape index (κ3) is 2.04. The SMILES string of the molecule is Cc1ccc(-c2c(-c3cccs3)noc2N)cc1C. The van der Waals surface area contributed by atoms with Gasteiger partial charge in [0.05, 0.1) is 10.4 Å². The minimum Gasteiger partial charge on any atom is -0.367 e. The zero-order valence-corrected chi connectivity index (χ0v) is 11.6. The number of hydrogen-bond donors (Lipinski definition) is 1. The first-order valence-electron chi connectivity index (χ1n) is 6.03. The molecule has 0 saturated heterocycles. The molecule has 96 valence electrons. The van der Waals surface area contributed by atoms with Crippen molar-refractivity contribution in [3.05, 3.63) is 46.8 Å². The average molecular weight is 270 g/mol. The van der Waals surface area contributed by atoms with Crippen LogP contribution in [-0.4, -0.2) is 5.16 Å². The van der Waals surface area contributed by atoms with Crippen LogP contribution in [0.25, 0.3) is 21.7 Å². The number of nitrogens with zero attached hydrogens (tertiary/aromatic N) is 1. The smallest absolute Gasteiger partial charge is 0.230 e. The average Bonchev–Trinajstić information content (AvgIpc) is 3.01. The predicted octanol–water partition coefficient (Wildman–Crippen LogP) is 4.27. The number of hydrogen-bond acceptors (Lipinski definition) is 4. The van der Waals surface area contributed by atoms with E-state index in [2.05, 4.69) is 37.2 Å². The molecule has 19 heavy (non-hydrogen) atoms. The van der Waals surface area contributed by atoms with Gasteiger partial charge in [0.25, 0.3) is 0 Å². The summed E-state index contributed by atoms with van der Waals surface area (Å²) in [6.07, 6.45) is 0. The molecule has 3 aromatic rings. The molecule has 0 saturated carbocycles. The number of nitrogen functional groups attached to an aromatic ring is 1. The maximum atomic E-state index is 5.94. The van der Waals surface area contributed by atoms with Crippen LogP contribution < -0.4 is 5.73 Å². The van der Waals surface area contributed by atoms with E-state index < -0.39 is 0 Å². The Morgan fingerprint density at radius 2 is 2.00 bits per heavy atom. The van der Waals surface area contributed by atoms with Crippen LogP contribution in [0, 0.1) is 13.8 Å². The summed E-state index contributed by atoms with van der Waals surface area (Å²) in [6.45, 7) is 4.18. The van der Waals surface area contributed by atoms with Crippen LogP contribution in [0.15, 0.2) is 40.2 Å². The molecule has 3 nitrogen and oxygen atoms in total. The van der Waals surface area contributed by atoms with Crippen LogP contribution >= 0.6 is 11.3 Å². The number of benzene rings is 1. The molecule has 1 aromatic carbocycles. The fraction of sp³-hybridized carbons (Fsp3) is 0.133. The van der Waals surface area contributed by atoms with Gasteiger partial charge in [-0.25, -0.2) is 0 Å². The van der Waals surface area contributed by atoms with E-state index in [9.17, 15) is 0 Å². The molecular formula is C15H14N2OS. The van der Waals surface area contributed by atoms with Gasteiger partial charge in [0.2, 0.25) is 5.88 Å². The van der Waals surface area contributed by atoms with Gasteiger partial charge >= 0.3 is 0 Å². The van der Waals surface area contributed by atoms with Gasteiger partial charge in [-0.1, -0.05) is 29.4 Å². The lowest BCUT2D eigenvalue weighted by molar-refractivity contribution is 0.439. The molecule has 0 fully saturated rings. The molecule has 0 radical (unpaired) electrons. The van der Waals surface area contributed by atoms with E-state index in [-0.39, 0.29) is 0 Å². The van der Waals surface area contributed by atoms with Crippen LogP contribution in [0.1, 0.15) is 11.1 Å². The highest BCUT2D eigenvalue weighted by molar-refractivity contribution is 7.13. The van der Waals surface area contributed by atoms with Crippen molar-refractivity contribution in [1.29, 1.82) is 0 Å². The second-order valence-electron chi connectivity index (χ2n) is 4.55. The van der Waals surface area contributed by atoms with E-state index in [0.29, 0.717) is 5.88 Å². The molecule has 2 aromatic heterocycles. The lowest BCUT2D eigenvalue weighted by Crippen LogP contribution is -1.89. The van der Waals surface area contributed by atoms with Crippen molar-refractivity contribution < 1.29 is 4.52 Å². The Bertz CT molecular complexity index is 714. The minimum absolute atomic E-state index is 0.367. The molecule has 0 bridgehead atoms. The molecule has 0 aliphatic rings. The third-order valence-corrected chi connectivity index (χ3v) is 4.15. The maximum Gasteiger partial charge on any atom is 0.230 e. The standard InChI is InChI=1S/C15H14N2OS/c1-9-5-6-11(8-10(9)2)13-14(17-18-15(13)16)12-4-3-7-19-12/h3-8H,16H2,1-2H3. The van der Waals surface area contributed by atoms with Crippen LogP contribution in [0.3, 0.4) is 0 Å². The lowest BCUT2D eigenvalue weighted by Gasteiger charge is -2.05. The fourth-order valence-corrected chi connectivity index (χ4v) is 2.77. The van der Waals surface area contributed by atoms with Gasteiger partial charge in [0.1, 0.15) is 5.69 Å². The Morgan fingerprint density at radius 3 is 2.68 bits per heavy atom. The summed E-state index contributed by atoms with van der Waals surface area (Å²) >= 11 is 1.63. The molecule has 2 heterocycles. The second-order valence-corrected chi connectivity index (χ2v) is 5.49. The van der Waals surface area contributed by atoms with Crippen molar-refractivity contribution in [3.8, 4) is 21.7 Å². The summed E-state index contributed by atoms with van der Waals surface area (Å²) in [5, 5.41) is 6.12. The van der Waals surface area contributed by atoms with E-state index in [1.807, 2.05) is 17.5 Å². The largest absolute Gasteiger partial charge is 0.367 e. The topological polar surface area (TPSA) is 52.0 Å². The summed E-state index contributed by atoms with van der Waals surface area (Å²) in [7, 11) is 0. The third-order valence-electron chi connectivity index (χ3n) is 3.27. The van der Waals surface area contributed by atoms with Crippen LogP contribution in [0.2, 0.25) is 0 Å². The number of anilines is 1. The van der Waals surface area contributed by atoms with E-state index in [0.717, 1.165) is 21.7 Å². The predicted molar refractivity (Wildman–Crippen MR) is 79.1 cm³/mol. The van der Waals surface area contributed by atoms with Crippen molar-refractivity contribution in [3.63, 3.8) is 0 Å². The zero-order valence-electron chi connectivity index (χ0n) is 10.8. The minimum atomic E-state index is 0.367. The normalized spacial score (nSPS) is 10.8. The molecule has 3 rings (SSSR count). The van der Waals surface area contributed by atoms with Crippen molar-refractivity contribution in [2.45, 2.75) is 13.8 Å². The van der Waals surface area contributed by atoms with E-state index in [1.54, 1.807) is 11.3 Å². The van der Waals surface area contributed by atoms with Crippen LogP contribution in [-0.2, 0) is 0 Å². The van der Waals surface area contributed by atoms with Gasteiger partial charge in [0, 0.05) is 0 Å². The molecule has 0 spiro atoms. The molecule has 4 heteroatoms. The highest BCUT2D eigenvalue weighted by Gasteiger charge is 2.18. The van der Waals surface area contributed by atoms with Crippen molar-refractivity contribution in [2.75, 3.05) is 5.73 Å². The molecule has 0 amide bonds. The van der Waals surface area contributed by atoms with E-state index in [4.69, 9.17) is 10.3 Å². The van der Waals surface area contributed by atoms with E-state index in [1.165, 1.54) is 11.1 Å². The Kier molecular flexibility index (Phi) is 2.87. The van der Waals surface area contributed by atoms with Gasteiger partial charge in [-0.15, -0.1) is 11.3 Å². The summed E-state index contributed by atoms with van der Waals surface area (Å²) in [6, 6.07) is 10.3. The lowest BCUT2D eigenvalue weighted by atomic mass is 10.00. The Hall–Kier alpha value is -2.07. The van der Waals surface area contributed by atoms with Crippen LogP contribution in [0.4, 0.5) is 5.88 Å². The molecule has 0 aliphatic heterocycles. The highest BCUT2D eigenvalue weighted by Crippen LogP contribution is 2.38. The fourth-order valence-electron chi connectivity index (χ4n) is 2.06. The number of rotatable bonds is 2. The van der Waals surface area contributed by atoms with E-state index >= 15 is 0 Å². The summed E-state index contributed by atoms with van der Waals surface area (Å²) in [5.41, 5.74) is 11.2. The van der Waals surface area contributed by atoms with Crippen LogP contribution in [0.5, 0.6) is 0 Å². The number of thiophene rings is 1. The van der Waals surface area contributed by atoms with Gasteiger partial charge in [-0.2, -0.15) is 0 Å². The monoisotopic (exact) mass is 270 g/mol. The summed E-state index contributed by atoms with van der Waals surface area (Å²) in [5.74, 6) is 0.367. The van der Waals surface area contributed by atoms with Gasteiger partial charge < -0.3 is 10.3 Å². The number of aryl methyl sites for hydroxylation is 2. The molecular weight excluding hydrogens is 256 g/mol. The quantitative estimate of drug-likeness (QED) is 0.756. The van der Waals surface area contributed by atoms with Gasteiger partial charge in [-0.05, 0) is 42.0 Å². The Morgan fingerprint density at radius 1 is 1.16 bits per heavy atom. The molecule has 0 unspecified atom stereocenters. The molecule has 0 aliphatic carbocycles. The summed E-state index contributed by atoms with van der Waals surface area (Å²) < 4.78 is 5.18. The Labute approximate surface area is 115 Å². The maximum absolute atomic E-state index is 5.94. The van der Waals surface area contributed by atoms with Gasteiger partial charge in [0.15, 0.2) is 0 Å². The highest BCUT2D eigenvalue weighted by atomic mass is 32.1. The molecule has 2 N–H and O–H groups in total. The van der Waals surface area contributed by atoms with Crippen molar-refractivity contribution in [2.24, 2.45) is 0 Å². The van der Waals surface area contributed by atoms with Crippen molar-refractivity contribution in [1.82, 2.24) is 5.16 Å². The first-order valence-corrected chi connectivity index (χ1v) is 6.91. The number of aromatic nitrogens is 1. The molecule has 0 atom stereocenters. The number of nitrogens with two attached hydrogens (primary N) is 1. The first-order chi connectivity index (χ1) is 9.16. The first kappa shape index (κ1) is 12.0. The zero-order chi connectivity index (χ0) is 13.4. The summed E-state index contributed by atoms with van der Waals surface area (Å²) in [4.78, 5) is 1.06. The second kappa shape index (κ2) is 4.55. The van der Waals surface area contributed by atoms with Gasteiger partial charge in [-0.3, -0.25) is 0 Å². The Balaban J connectivity index is 2.19. The van der Waals surface area contributed by atoms with Crippen molar-refractivity contribution >= 4 is 17.2 Å².